The number of fused-ring (bicyclic) bond motifs is 2. The SMILES string of the molecule is C=CCN(CC(=O)N1CCc2sccc2C1c1ccc(OC)cc1)C(=O)c1cccc2ccccc12. The monoisotopic (exact) mass is 496 g/mol. The molecule has 0 N–H and O–H groups in total. The summed E-state index contributed by atoms with van der Waals surface area (Å²) in [6.45, 7) is 4.71. The molecule has 4 aromatic rings. The lowest BCUT2D eigenvalue weighted by molar-refractivity contribution is -0.133. The first-order chi connectivity index (χ1) is 17.6. The summed E-state index contributed by atoms with van der Waals surface area (Å²) in [6.07, 6.45) is 2.48. The molecule has 0 spiro atoms. The Morgan fingerprint density at radius 1 is 1.08 bits per heavy atom. The minimum Gasteiger partial charge on any atom is -0.497 e. The average Bonchev–Trinajstić information content (AvgIpc) is 3.40. The summed E-state index contributed by atoms with van der Waals surface area (Å²) in [5, 5.41) is 3.96. The largest absolute Gasteiger partial charge is 0.497 e. The van der Waals surface area contributed by atoms with Crippen molar-refractivity contribution in [3.8, 4) is 5.75 Å². The molecule has 1 aromatic heterocycles. The number of nitrogens with zero attached hydrogens (tertiary/aromatic N) is 2. The Bertz CT molecular complexity index is 1400. The van der Waals surface area contributed by atoms with Crippen LogP contribution in [0.1, 0.15) is 32.4 Å². The molecule has 0 radical (unpaired) electrons. The van der Waals surface area contributed by atoms with Crippen molar-refractivity contribution in [2.75, 3.05) is 26.7 Å². The van der Waals surface area contributed by atoms with Crippen molar-refractivity contribution in [2.45, 2.75) is 12.5 Å². The van der Waals surface area contributed by atoms with Crippen molar-refractivity contribution in [3.63, 3.8) is 0 Å². The van der Waals surface area contributed by atoms with E-state index < -0.39 is 0 Å². The molecule has 3 aromatic carbocycles. The number of amides is 2. The van der Waals surface area contributed by atoms with E-state index in [1.807, 2.05) is 71.6 Å². The standard InChI is InChI=1S/C30H28N2O3S/c1-3-17-31(30(34)25-10-6-8-21-7-4-5-9-24(21)25)20-28(33)32-18-15-27-26(16-19-36-27)29(32)22-11-13-23(35-2)14-12-22/h3-14,16,19,29H,1,15,17-18,20H2,2H3. The van der Waals surface area contributed by atoms with Gasteiger partial charge in [0.1, 0.15) is 12.3 Å². The van der Waals surface area contributed by atoms with Crippen molar-refractivity contribution in [2.24, 2.45) is 0 Å². The number of benzene rings is 3. The Morgan fingerprint density at radius 3 is 2.64 bits per heavy atom. The first-order valence-corrected chi connectivity index (χ1v) is 12.9. The zero-order chi connectivity index (χ0) is 25.1. The van der Waals surface area contributed by atoms with E-state index in [-0.39, 0.29) is 24.4 Å². The van der Waals surface area contributed by atoms with E-state index in [9.17, 15) is 9.59 Å². The van der Waals surface area contributed by atoms with Gasteiger partial charge in [-0.15, -0.1) is 17.9 Å². The summed E-state index contributed by atoms with van der Waals surface area (Å²) in [5.41, 5.74) is 2.77. The molecule has 0 saturated carbocycles. The van der Waals surface area contributed by atoms with Gasteiger partial charge in [-0.2, -0.15) is 0 Å². The van der Waals surface area contributed by atoms with Crippen LogP contribution in [-0.4, -0.2) is 48.4 Å². The van der Waals surface area contributed by atoms with Crippen molar-refractivity contribution in [1.82, 2.24) is 9.80 Å². The first-order valence-electron chi connectivity index (χ1n) is 12.0. The molecule has 36 heavy (non-hydrogen) atoms. The minimum absolute atomic E-state index is 0.0137. The number of carbonyl (C=O) groups is 2. The topological polar surface area (TPSA) is 49.9 Å². The van der Waals surface area contributed by atoms with Crippen LogP contribution in [-0.2, 0) is 11.2 Å². The van der Waals surface area contributed by atoms with Crippen LogP contribution >= 0.6 is 11.3 Å². The summed E-state index contributed by atoms with van der Waals surface area (Å²) in [6, 6.07) is 23.3. The molecular weight excluding hydrogens is 468 g/mol. The maximum absolute atomic E-state index is 13.8. The molecule has 5 nitrogen and oxygen atoms in total. The van der Waals surface area contributed by atoms with Crippen LogP contribution in [0.5, 0.6) is 5.75 Å². The van der Waals surface area contributed by atoms with Gasteiger partial charge in [0, 0.05) is 23.5 Å². The molecule has 2 heterocycles. The Hall–Kier alpha value is -3.90. The number of hydrogen-bond donors (Lipinski definition) is 0. The third-order valence-electron chi connectivity index (χ3n) is 6.70. The van der Waals surface area contributed by atoms with Crippen LogP contribution in [0.25, 0.3) is 10.8 Å². The van der Waals surface area contributed by atoms with Crippen molar-refractivity contribution < 1.29 is 14.3 Å². The molecule has 0 aliphatic carbocycles. The lowest BCUT2D eigenvalue weighted by Crippen LogP contribution is -2.46. The molecule has 1 aliphatic rings. The number of carbonyl (C=O) groups excluding carboxylic acids is 2. The van der Waals surface area contributed by atoms with Gasteiger partial charge in [0.25, 0.3) is 5.91 Å². The van der Waals surface area contributed by atoms with Gasteiger partial charge in [-0.05, 0) is 58.0 Å². The zero-order valence-corrected chi connectivity index (χ0v) is 21.0. The van der Waals surface area contributed by atoms with E-state index in [0.717, 1.165) is 34.1 Å². The van der Waals surface area contributed by atoms with E-state index in [2.05, 4.69) is 18.0 Å². The quantitative estimate of drug-likeness (QED) is 0.308. The van der Waals surface area contributed by atoms with Gasteiger partial charge in [-0.25, -0.2) is 0 Å². The fraction of sp³-hybridized carbons (Fsp3) is 0.200. The Morgan fingerprint density at radius 2 is 1.86 bits per heavy atom. The third kappa shape index (κ3) is 4.52. The Kier molecular flexibility index (Phi) is 6.87. The zero-order valence-electron chi connectivity index (χ0n) is 20.2. The van der Waals surface area contributed by atoms with Crippen LogP contribution in [0.2, 0.25) is 0 Å². The number of thiophene rings is 1. The number of hydrogen-bond acceptors (Lipinski definition) is 4. The second-order valence-corrected chi connectivity index (χ2v) is 9.81. The van der Waals surface area contributed by atoms with Gasteiger partial charge in [-0.1, -0.05) is 54.6 Å². The number of methoxy groups -OCH3 is 1. The summed E-state index contributed by atoms with van der Waals surface area (Å²) in [7, 11) is 1.64. The van der Waals surface area contributed by atoms with Gasteiger partial charge >= 0.3 is 0 Å². The molecule has 6 heteroatoms. The Labute approximate surface area is 215 Å². The van der Waals surface area contributed by atoms with Crippen LogP contribution < -0.4 is 4.74 Å². The van der Waals surface area contributed by atoms with Gasteiger partial charge in [0.15, 0.2) is 0 Å². The van der Waals surface area contributed by atoms with Crippen molar-refractivity contribution >= 4 is 33.9 Å². The molecule has 182 valence electrons. The Balaban J connectivity index is 1.45. The maximum Gasteiger partial charge on any atom is 0.255 e. The highest BCUT2D eigenvalue weighted by atomic mass is 32.1. The van der Waals surface area contributed by atoms with E-state index in [4.69, 9.17) is 4.74 Å². The molecule has 2 amide bonds. The van der Waals surface area contributed by atoms with Gasteiger partial charge in [0.2, 0.25) is 5.91 Å². The fourth-order valence-electron chi connectivity index (χ4n) is 4.94. The molecule has 1 aliphatic heterocycles. The number of ether oxygens (including phenoxy) is 1. The highest BCUT2D eigenvalue weighted by molar-refractivity contribution is 7.10. The predicted octanol–water partition coefficient (Wildman–Crippen LogP) is 5.71. The second-order valence-electron chi connectivity index (χ2n) is 8.81. The molecular formula is C30H28N2O3S. The average molecular weight is 497 g/mol. The predicted molar refractivity (Wildman–Crippen MR) is 145 cm³/mol. The lowest BCUT2D eigenvalue weighted by atomic mass is 9.93. The maximum atomic E-state index is 13.8. The number of rotatable bonds is 7. The molecule has 5 rings (SSSR count). The molecule has 1 unspecified atom stereocenters. The van der Waals surface area contributed by atoms with E-state index in [0.29, 0.717) is 18.7 Å². The highest BCUT2D eigenvalue weighted by Crippen LogP contribution is 2.38. The smallest absolute Gasteiger partial charge is 0.255 e. The fourth-order valence-corrected chi connectivity index (χ4v) is 5.85. The van der Waals surface area contributed by atoms with E-state index in [1.165, 1.54) is 4.88 Å². The van der Waals surface area contributed by atoms with Crippen molar-refractivity contribution in [3.05, 3.63) is 112 Å². The minimum atomic E-state index is -0.198. The molecule has 0 fully saturated rings. The normalized spacial score (nSPS) is 14.8. The molecule has 0 saturated heterocycles. The van der Waals surface area contributed by atoms with Gasteiger partial charge < -0.3 is 14.5 Å². The van der Waals surface area contributed by atoms with Gasteiger partial charge in [0.05, 0.1) is 13.2 Å². The van der Waals surface area contributed by atoms with Gasteiger partial charge in [-0.3, -0.25) is 9.59 Å². The van der Waals surface area contributed by atoms with Crippen molar-refractivity contribution in [1.29, 1.82) is 0 Å². The first kappa shape index (κ1) is 23.8. The van der Waals surface area contributed by atoms with E-state index in [1.54, 1.807) is 29.4 Å². The van der Waals surface area contributed by atoms with Crippen LogP contribution in [0.3, 0.4) is 0 Å². The van der Waals surface area contributed by atoms with E-state index >= 15 is 0 Å². The summed E-state index contributed by atoms with van der Waals surface area (Å²) < 4.78 is 5.33. The molecule has 1 atom stereocenters. The van der Waals surface area contributed by atoms with Crippen LogP contribution in [0, 0.1) is 0 Å². The summed E-state index contributed by atoms with van der Waals surface area (Å²) >= 11 is 1.73. The van der Waals surface area contributed by atoms with Crippen LogP contribution in [0.4, 0.5) is 0 Å². The summed E-state index contributed by atoms with van der Waals surface area (Å²) in [4.78, 5) is 32.2. The lowest BCUT2D eigenvalue weighted by Gasteiger charge is -2.37. The second kappa shape index (κ2) is 10.4. The summed E-state index contributed by atoms with van der Waals surface area (Å²) in [5.74, 6) is 0.521. The third-order valence-corrected chi connectivity index (χ3v) is 7.70. The highest BCUT2D eigenvalue weighted by Gasteiger charge is 2.34. The van der Waals surface area contributed by atoms with Crippen LogP contribution in [0.15, 0.2) is 90.8 Å². The molecule has 0 bridgehead atoms.